The quantitative estimate of drug-likeness (QED) is 0.743. The number of pyridine rings is 1. The van der Waals surface area contributed by atoms with Gasteiger partial charge in [-0.25, -0.2) is 4.79 Å². The molecule has 0 unspecified atom stereocenters. The van der Waals surface area contributed by atoms with Gasteiger partial charge in [0.1, 0.15) is 11.3 Å². The van der Waals surface area contributed by atoms with E-state index in [9.17, 15) is 9.59 Å². The normalized spacial score (nSPS) is 15.5. The predicted molar refractivity (Wildman–Crippen MR) is 86.0 cm³/mol. The second kappa shape index (κ2) is 8.58. The highest BCUT2D eigenvalue weighted by atomic mass is 16.6. The second-order valence-corrected chi connectivity index (χ2v) is 6.33. The third kappa shape index (κ3) is 7.83. The van der Waals surface area contributed by atoms with Gasteiger partial charge in [0.15, 0.2) is 0 Å². The molecule has 22 heavy (non-hydrogen) atoms. The molecule has 3 N–H and O–H groups in total. The summed E-state index contributed by atoms with van der Waals surface area (Å²) in [5.41, 5.74) is -0.763. The first-order valence-electron chi connectivity index (χ1n) is 7.64. The Morgan fingerprint density at radius 3 is 2.41 bits per heavy atom. The Morgan fingerprint density at radius 1 is 1.32 bits per heavy atom. The molecule has 0 bridgehead atoms. The molecule has 0 radical (unpaired) electrons. The van der Waals surface area contributed by atoms with E-state index in [0.717, 1.165) is 12.8 Å². The molecule has 6 heteroatoms. The number of aromatic nitrogens is 1. The fourth-order valence-corrected chi connectivity index (χ4v) is 2.01. The van der Waals surface area contributed by atoms with Crippen LogP contribution in [-0.2, 0) is 4.74 Å². The monoisotopic (exact) mass is 310 g/mol. The lowest BCUT2D eigenvalue weighted by Gasteiger charge is -2.19. The molecule has 1 aliphatic rings. The number of amides is 1. The van der Waals surface area contributed by atoms with Crippen LogP contribution in [0.5, 0.6) is 0 Å². The number of nitrogens with one attached hydrogen (secondary N) is 2. The summed E-state index contributed by atoms with van der Waals surface area (Å²) in [7, 11) is 0. The van der Waals surface area contributed by atoms with Gasteiger partial charge in [-0.05, 0) is 45.7 Å². The smallest absolute Gasteiger partial charge is 0.412 e. The first-order valence-corrected chi connectivity index (χ1v) is 7.64. The summed E-state index contributed by atoms with van der Waals surface area (Å²) in [5.74, 6) is 0. The van der Waals surface area contributed by atoms with E-state index < -0.39 is 11.7 Å². The third-order valence-electron chi connectivity index (χ3n) is 3.03. The molecular formula is C16H26N2O4. The number of rotatable bonds is 1. The van der Waals surface area contributed by atoms with E-state index in [0.29, 0.717) is 0 Å². The Labute approximate surface area is 130 Å². The molecule has 0 aromatic carbocycles. The largest absolute Gasteiger partial charge is 0.444 e. The number of carbonyl (C=O) groups is 1. The van der Waals surface area contributed by atoms with Crippen molar-refractivity contribution in [1.29, 1.82) is 0 Å². The number of aliphatic hydroxyl groups excluding tert-OH is 1. The van der Waals surface area contributed by atoms with E-state index in [1.165, 1.54) is 31.5 Å². The molecule has 1 aliphatic carbocycles. The number of ether oxygens (including phenoxy) is 1. The van der Waals surface area contributed by atoms with E-state index in [1.54, 1.807) is 26.8 Å². The number of H-pyrrole nitrogens is 1. The van der Waals surface area contributed by atoms with Crippen molar-refractivity contribution >= 4 is 11.8 Å². The van der Waals surface area contributed by atoms with Crippen molar-refractivity contribution in [3.05, 3.63) is 28.7 Å². The molecule has 124 valence electrons. The molecule has 0 atom stereocenters. The standard InChI is InChI=1S/C10H14N2O3.C6H12O/c1-10(2,3)15-9(14)12-7-5-4-6-11-8(7)13;7-6-4-2-1-3-5-6/h4-6H,1-3H3,(H,11,13)(H,12,14);6-7H,1-5H2. The van der Waals surface area contributed by atoms with Crippen molar-refractivity contribution in [2.24, 2.45) is 0 Å². The maximum absolute atomic E-state index is 11.3. The molecule has 1 amide bonds. The van der Waals surface area contributed by atoms with Crippen molar-refractivity contribution in [2.75, 3.05) is 5.32 Å². The molecule has 0 spiro atoms. The molecule has 1 heterocycles. The Kier molecular flexibility index (Phi) is 7.11. The molecule has 1 aromatic heterocycles. The van der Waals surface area contributed by atoms with E-state index in [4.69, 9.17) is 9.84 Å². The number of hydrogen-bond donors (Lipinski definition) is 3. The third-order valence-corrected chi connectivity index (χ3v) is 3.03. The Morgan fingerprint density at radius 2 is 1.95 bits per heavy atom. The van der Waals surface area contributed by atoms with Crippen molar-refractivity contribution in [2.45, 2.75) is 64.6 Å². The van der Waals surface area contributed by atoms with E-state index in [-0.39, 0.29) is 17.4 Å². The summed E-state index contributed by atoms with van der Waals surface area (Å²) in [6.45, 7) is 5.26. The molecule has 1 fully saturated rings. The van der Waals surface area contributed by atoms with E-state index in [1.807, 2.05) is 0 Å². The van der Waals surface area contributed by atoms with E-state index >= 15 is 0 Å². The zero-order valence-corrected chi connectivity index (χ0v) is 13.5. The van der Waals surface area contributed by atoms with Crippen LogP contribution in [0.2, 0.25) is 0 Å². The zero-order valence-electron chi connectivity index (χ0n) is 13.5. The summed E-state index contributed by atoms with van der Waals surface area (Å²) in [6.07, 6.45) is 6.77. The van der Waals surface area contributed by atoms with Crippen LogP contribution in [0.4, 0.5) is 10.5 Å². The van der Waals surface area contributed by atoms with Crippen molar-refractivity contribution in [3.8, 4) is 0 Å². The average Bonchev–Trinajstić information content (AvgIpc) is 2.41. The van der Waals surface area contributed by atoms with Gasteiger partial charge in [-0.1, -0.05) is 19.3 Å². The Balaban J connectivity index is 0.000000287. The molecule has 0 saturated heterocycles. The molecule has 1 saturated carbocycles. The predicted octanol–water partition coefficient (Wildman–Crippen LogP) is 3.03. The zero-order chi connectivity index (χ0) is 16.6. The summed E-state index contributed by atoms with van der Waals surface area (Å²) in [6, 6.07) is 3.12. The molecule has 6 nitrogen and oxygen atoms in total. The molecular weight excluding hydrogens is 284 g/mol. The van der Waals surface area contributed by atoms with Crippen molar-refractivity contribution in [3.63, 3.8) is 0 Å². The van der Waals surface area contributed by atoms with Gasteiger partial charge in [-0.2, -0.15) is 0 Å². The highest BCUT2D eigenvalue weighted by Gasteiger charge is 2.16. The fraction of sp³-hybridized carbons (Fsp3) is 0.625. The van der Waals surface area contributed by atoms with Gasteiger partial charge in [0, 0.05) is 6.20 Å². The van der Waals surface area contributed by atoms with Crippen LogP contribution in [0.3, 0.4) is 0 Å². The lowest BCUT2D eigenvalue weighted by molar-refractivity contribution is 0.0635. The molecule has 0 aliphatic heterocycles. The number of carbonyl (C=O) groups excluding carboxylic acids is 1. The van der Waals surface area contributed by atoms with E-state index in [2.05, 4.69) is 10.3 Å². The number of anilines is 1. The summed E-state index contributed by atoms with van der Waals surface area (Å²) in [4.78, 5) is 24.9. The lowest BCUT2D eigenvalue weighted by Crippen LogP contribution is -2.29. The maximum Gasteiger partial charge on any atom is 0.412 e. The van der Waals surface area contributed by atoms with Gasteiger partial charge < -0.3 is 14.8 Å². The van der Waals surface area contributed by atoms with Crippen molar-refractivity contribution in [1.82, 2.24) is 4.98 Å². The van der Waals surface area contributed by atoms with Crippen LogP contribution < -0.4 is 10.9 Å². The number of aromatic amines is 1. The van der Waals surface area contributed by atoms with Gasteiger partial charge in [0.25, 0.3) is 5.56 Å². The number of aliphatic hydroxyl groups is 1. The van der Waals surface area contributed by atoms with Crippen LogP contribution in [0.1, 0.15) is 52.9 Å². The van der Waals surface area contributed by atoms with Crippen LogP contribution in [0.15, 0.2) is 23.1 Å². The second-order valence-electron chi connectivity index (χ2n) is 6.33. The topological polar surface area (TPSA) is 91.4 Å². The first kappa shape index (κ1) is 18.2. The van der Waals surface area contributed by atoms with Gasteiger partial charge in [-0.15, -0.1) is 0 Å². The molecule has 1 aromatic rings. The summed E-state index contributed by atoms with van der Waals surface area (Å²) >= 11 is 0. The van der Waals surface area contributed by atoms with Crippen molar-refractivity contribution < 1.29 is 14.6 Å². The number of hydrogen-bond acceptors (Lipinski definition) is 4. The summed E-state index contributed by atoms with van der Waals surface area (Å²) in [5, 5.41) is 11.3. The Hall–Kier alpha value is -1.82. The van der Waals surface area contributed by atoms with Crippen LogP contribution in [0, 0.1) is 0 Å². The lowest BCUT2D eigenvalue weighted by atomic mass is 9.98. The van der Waals surface area contributed by atoms with Gasteiger partial charge >= 0.3 is 6.09 Å². The van der Waals surface area contributed by atoms with Crippen LogP contribution >= 0.6 is 0 Å². The minimum absolute atomic E-state index is 0.0359. The average molecular weight is 310 g/mol. The van der Waals surface area contributed by atoms with Crippen LogP contribution in [0.25, 0.3) is 0 Å². The first-order chi connectivity index (χ1) is 10.3. The highest BCUT2D eigenvalue weighted by molar-refractivity contribution is 5.84. The van der Waals surface area contributed by atoms with Gasteiger partial charge in [0.2, 0.25) is 0 Å². The minimum Gasteiger partial charge on any atom is -0.444 e. The van der Waals surface area contributed by atoms with Gasteiger partial charge in [0.05, 0.1) is 6.10 Å². The van der Waals surface area contributed by atoms with Gasteiger partial charge in [-0.3, -0.25) is 10.1 Å². The highest BCUT2D eigenvalue weighted by Crippen LogP contribution is 2.16. The molecule has 2 rings (SSSR count). The van der Waals surface area contributed by atoms with Crippen LogP contribution in [-0.4, -0.2) is 27.9 Å². The maximum atomic E-state index is 11.3. The minimum atomic E-state index is -0.640. The fourth-order valence-electron chi connectivity index (χ4n) is 2.01. The SMILES string of the molecule is CC(C)(C)OC(=O)Nc1ccc[nH]c1=O.OC1CCCCC1. The summed E-state index contributed by atoms with van der Waals surface area (Å²) < 4.78 is 4.99. The Bertz CT molecular complexity index is 513.